The number of hydrogen-bond donors (Lipinski definition) is 3. The second kappa shape index (κ2) is 5.84. The van der Waals surface area contributed by atoms with E-state index in [4.69, 9.17) is 11.6 Å². The van der Waals surface area contributed by atoms with Gasteiger partial charge < -0.3 is 15.5 Å². The molecule has 2 aromatic carbocycles. The number of rotatable bonds is 3. The van der Waals surface area contributed by atoms with E-state index in [9.17, 15) is 15.0 Å². The summed E-state index contributed by atoms with van der Waals surface area (Å²) in [5, 5.41) is 21.3. The molecular weight excluding hydrogens is 278 g/mol. The Bertz CT molecular complexity index is 621. The van der Waals surface area contributed by atoms with Crippen LogP contribution in [0.1, 0.15) is 28.2 Å². The maximum Gasteiger partial charge on any atom is 0.255 e. The Kier molecular flexibility index (Phi) is 4.15. The first-order chi connectivity index (χ1) is 9.47. The topological polar surface area (TPSA) is 69.6 Å². The van der Waals surface area contributed by atoms with Crippen molar-refractivity contribution < 1.29 is 15.0 Å². The van der Waals surface area contributed by atoms with Crippen molar-refractivity contribution >= 4 is 23.2 Å². The number of phenols is 2. The predicted octanol–water partition coefficient (Wildman–Crippen LogP) is 3.65. The molecule has 3 N–H and O–H groups in total. The molecule has 0 spiro atoms. The van der Waals surface area contributed by atoms with Crippen LogP contribution in [0.4, 0.5) is 5.69 Å². The number of phenolic OH excluding ortho intramolecular Hbond substituents is 2. The van der Waals surface area contributed by atoms with Crippen LogP contribution in [0, 0.1) is 0 Å². The summed E-state index contributed by atoms with van der Waals surface area (Å²) >= 11 is 6.06. The van der Waals surface area contributed by atoms with Crippen LogP contribution in [0.3, 0.4) is 0 Å². The first-order valence-corrected chi connectivity index (χ1v) is 6.48. The third-order valence-corrected chi connectivity index (χ3v) is 3.04. The van der Waals surface area contributed by atoms with Gasteiger partial charge in [0.05, 0.1) is 5.38 Å². The molecule has 0 radical (unpaired) electrons. The summed E-state index contributed by atoms with van der Waals surface area (Å²) in [4.78, 5) is 12.1. The minimum atomic E-state index is -0.430. The Morgan fingerprint density at radius 3 is 2.35 bits per heavy atom. The molecule has 0 aromatic heterocycles. The molecule has 1 amide bonds. The van der Waals surface area contributed by atoms with Gasteiger partial charge in [0.15, 0.2) is 0 Å². The van der Waals surface area contributed by atoms with Crippen molar-refractivity contribution in [3.8, 4) is 11.5 Å². The normalized spacial score (nSPS) is 11.9. The second-order valence-electron chi connectivity index (χ2n) is 4.40. The number of halogens is 1. The summed E-state index contributed by atoms with van der Waals surface area (Å²) < 4.78 is 0. The summed E-state index contributed by atoms with van der Waals surface area (Å²) in [6.07, 6.45) is 0. The quantitative estimate of drug-likeness (QED) is 0.756. The smallest absolute Gasteiger partial charge is 0.255 e. The molecule has 0 saturated heterocycles. The van der Waals surface area contributed by atoms with Gasteiger partial charge in [0.25, 0.3) is 5.91 Å². The molecule has 4 nitrogen and oxygen atoms in total. The number of para-hydroxylation sites is 1. The lowest BCUT2D eigenvalue weighted by Gasteiger charge is -2.12. The number of benzene rings is 2. The summed E-state index contributed by atoms with van der Waals surface area (Å²) in [6, 6.07) is 10.9. The lowest BCUT2D eigenvalue weighted by Crippen LogP contribution is -2.13. The SMILES string of the molecule is CC(Cl)c1ccccc1NC(=O)c1cc(O)cc(O)c1. The lowest BCUT2D eigenvalue weighted by atomic mass is 10.1. The highest BCUT2D eigenvalue weighted by Crippen LogP contribution is 2.28. The van der Waals surface area contributed by atoms with Gasteiger partial charge in [-0.25, -0.2) is 0 Å². The predicted molar refractivity (Wildman–Crippen MR) is 78.4 cm³/mol. The van der Waals surface area contributed by atoms with E-state index in [2.05, 4.69) is 5.32 Å². The Morgan fingerprint density at radius 1 is 1.15 bits per heavy atom. The molecule has 0 aliphatic heterocycles. The first-order valence-electron chi connectivity index (χ1n) is 6.04. The van der Waals surface area contributed by atoms with E-state index in [0.717, 1.165) is 11.6 Å². The number of nitrogens with one attached hydrogen (secondary N) is 1. The van der Waals surface area contributed by atoms with Gasteiger partial charge in [0.1, 0.15) is 11.5 Å². The summed E-state index contributed by atoms with van der Waals surface area (Å²) in [5.74, 6) is -0.774. The van der Waals surface area contributed by atoms with E-state index >= 15 is 0 Å². The maximum atomic E-state index is 12.1. The third kappa shape index (κ3) is 3.22. The third-order valence-electron chi connectivity index (χ3n) is 2.80. The highest BCUT2D eigenvalue weighted by molar-refractivity contribution is 6.21. The molecule has 1 unspecified atom stereocenters. The van der Waals surface area contributed by atoms with Crippen molar-refractivity contribution in [2.75, 3.05) is 5.32 Å². The first kappa shape index (κ1) is 14.2. The number of anilines is 1. The van der Waals surface area contributed by atoms with Gasteiger partial charge in [-0.15, -0.1) is 11.6 Å². The zero-order valence-corrected chi connectivity index (χ0v) is 11.6. The van der Waals surface area contributed by atoms with Crippen LogP contribution in [0.25, 0.3) is 0 Å². The number of amides is 1. The van der Waals surface area contributed by atoms with E-state index in [0.29, 0.717) is 5.69 Å². The zero-order valence-electron chi connectivity index (χ0n) is 10.8. The Hall–Kier alpha value is -2.20. The highest BCUT2D eigenvalue weighted by Gasteiger charge is 2.13. The molecular formula is C15H14ClNO3. The van der Waals surface area contributed by atoms with Gasteiger partial charge in [-0.3, -0.25) is 4.79 Å². The van der Waals surface area contributed by atoms with Crippen LogP contribution >= 0.6 is 11.6 Å². The summed E-state index contributed by atoms with van der Waals surface area (Å²) in [6.45, 7) is 1.81. The van der Waals surface area contributed by atoms with E-state index in [1.165, 1.54) is 12.1 Å². The van der Waals surface area contributed by atoms with Gasteiger partial charge in [-0.1, -0.05) is 18.2 Å². The van der Waals surface area contributed by atoms with Crippen molar-refractivity contribution in [3.63, 3.8) is 0 Å². The number of aromatic hydroxyl groups is 2. The van der Waals surface area contributed by atoms with Crippen LogP contribution in [0.15, 0.2) is 42.5 Å². The molecule has 20 heavy (non-hydrogen) atoms. The van der Waals surface area contributed by atoms with E-state index in [1.54, 1.807) is 12.1 Å². The number of alkyl halides is 1. The van der Waals surface area contributed by atoms with Gasteiger partial charge >= 0.3 is 0 Å². The van der Waals surface area contributed by atoms with Crippen molar-refractivity contribution in [2.45, 2.75) is 12.3 Å². The van der Waals surface area contributed by atoms with Crippen molar-refractivity contribution in [2.24, 2.45) is 0 Å². The fourth-order valence-corrected chi connectivity index (χ4v) is 2.07. The molecule has 0 aliphatic carbocycles. The Morgan fingerprint density at radius 2 is 1.75 bits per heavy atom. The molecule has 0 fully saturated rings. The molecule has 0 bridgehead atoms. The maximum absolute atomic E-state index is 12.1. The van der Waals surface area contributed by atoms with Crippen LogP contribution < -0.4 is 5.32 Å². The Balaban J connectivity index is 2.28. The second-order valence-corrected chi connectivity index (χ2v) is 5.05. The van der Waals surface area contributed by atoms with Gasteiger partial charge in [-0.05, 0) is 30.7 Å². The molecule has 104 valence electrons. The molecule has 1 atom stereocenters. The number of hydrogen-bond acceptors (Lipinski definition) is 3. The molecule has 0 saturated carbocycles. The molecule has 5 heteroatoms. The zero-order chi connectivity index (χ0) is 14.7. The van der Waals surface area contributed by atoms with E-state index in [-0.39, 0.29) is 22.4 Å². The molecule has 2 aromatic rings. The van der Waals surface area contributed by atoms with Gasteiger partial charge in [0, 0.05) is 17.3 Å². The highest BCUT2D eigenvalue weighted by atomic mass is 35.5. The average molecular weight is 292 g/mol. The minimum absolute atomic E-state index is 0.166. The summed E-state index contributed by atoms with van der Waals surface area (Å²) in [5.41, 5.74) is 1.56. The average Bonchev–Trinajstić information content (AvgIpc) is 2.37. The number of carbonyl (C=O) groups excluding carboxylic acids is 1. The monoisotopic (exact) mass is 291 g/mol. The standard InChI is InChI=1S/C15H14ClNO3/c1-9(16)13-4-2-3-5-14(13)17-15(20)10-6-11(18)8-12(19)7-10/h2-9,18-19H,1H3,(H,17,20). The van der Waals surface area contributed by atoms with Gasteiger partial charge in [-0.2, -0.15) is 0 Å². The van der Waals surface area contributed by atoms with E-state index < -0.39 is 5.91 Å². The van der Waals surface area contributed by atoms with Gasteiger partial charge in [0.2, 0.25) is 0 Å². The van der Waals surface area contributed by atoms with Crippen molar-refractivity contribution in [1.82, 2.24) is 0 Å². The fraction of sp³-hybridized carbons (Fsp3) is 0.133. The molecule has 2 rings (SSSR count). The summed E-state index contributed by atoms with van der Waals surface area (Å²) in [7, 11) is 0. The van der Waals surface area contributed by atoms with Crippen LogP contribution in [-0.2, 0) is 0 Å². The lowest BCUT2D eigenvalue weighted by molar-refractivity contribution is 0.102. The largest absolute Gasteiger partial charge is 0.508 e. The van der Waals surface area contributed by atoms with Crippen LogP contribution in [0.5, 0.6) is 11.5 Å². The number of carbonyl (C=O) groups is 1. The van der Waals surface area contributed by atoms with E-state index in [1.807, 2.05) is 19.1 Å². The molecule has 0 heterocycles. The van der Waals surface area contributed by atoms with Crippen molar-refractivity contribution in [1.29, 1.82) is 0 Å². The molecule has 0 aliphatic rings. The fourth-order valence-electron chi connectivity index (χ4n) is 1.88. The van der Waals surface area contributed by atoms with Crippen molar-refractivity contribution in [3.05, 3.63) is 53.6 Å². The Labute approximate surface area is 121 Å². The minimum Gasteiger partial charge on any atom is -0.508 e. The van der Waals surface area contributed by atoms with Crippen LogP contribution in [-0.4, -0.2) is 16.1 Å². The van der Waals surface area contributed by atoms with Crippen LogP contribution in [0.2, 0.25) is 0 Å².